The van der Waals surface area contributed by atoms with Gasteiger partial charge in [0.15, 0.2) is 0 Å². The van der Waals surface area contributed by atoms with Gasteiger partial charge in [0.05, 0.1) is 0 Å². The van der Waals surface area contributed by atoms with Crippen molar-refractivity contribution in [2.24, 2.45) is 5.73 Å². The zero-order chi connectivity index (χ0) is 7.28. The average Bonchev–Trinajstić information content (AvgIpc) is 1.82. The fourth-order valence-electron chi connectivity index (χ4n) is 0.287. The van der Waals surface area contributed by atoms with Crippen LogP contribution in [-0.4, -0.2) is 23.6 Å². The molecule has 0 bridgehead atoms. The SMILES string of the molecule is NCCNC(=O)C(S)S. The van der Waals surface area contributed by atoms with Gasteiger partial charge in [-0.25, -0.2) is 0 Å². The second-order valence-corrected chi connectivity index (χ2v) is 2.89. The Balaban J connectivity index is 3.28. The molecule has 0 aliphatic rings. The Labute approximate surface area is 65.2 Å². The Kier molecular flexibility index (Phi) is 5.03. The van der Waals surface area contributed by atoms with Gasteiger partial charge >= 0.3 is 0 Å². The monoisotopic (exact) mass is 166 g/mol. The lowest BCUT2D eigenvalue weighted by atomic mass is 10.6. The molecule has 0 aromatic carbocycles. The predicted octanol–water partition coefficient (Wildman–Crippen LogP) is -0.753. The number of carbonyl (C=O) groups excluding carboxylic acids is 1. The van der Waals surface area contributed by atoms with Gasteiger partial charge in [0.25, 0.3) is 0 Å². The van der Waals surface area contributed by atoms with E-state index in [0.29, 0.717) is 13.1 Å². The van der Waals surface area contributed by atoms with Crippen LogP contribution in [0.4, 0.5) is 0 Å². The summed E-state index contributed by atoms with van der Waals surface area (Å²) in [5.41, 5.74) is 5.11. The number of nitrogens with two attached hydrogens (primary N) is 1. The van der Waals surface area contributed by atoms with Crippen molar-refractivity contribution in [3.8, 4) is 0 Å². The highest BCUT2D eigenvalue weighted by Crippen LogP contribution is 1.97. The van der Waals surface area contributed by atoms with Crippen molar-refractivity contribution < 1.29 is 4.79 Å². The van der Waals surface area contributed by atoms with Gasteiger partial charge in [-0.05, 0) is 0 Å². The summed E-state index contributed by atoms with van der Waals surface area (Å²) in [6, 6.07) is 0. The fourth-order valence-corrected chi connectivity index (χ4v) is 0.469. The van der Waals surface area contributed by atoms with E-state index in [-0.39, 0.29) is 5.91 Å². The number of nitrogens with one attached hydrogen (secondary N) is 1. The van der Waals surface area contributed by atoms with Crippen LogP contribution in [0.3, 0.4) is 0 Å². The minimum atomic E-state index is -0.545. The molecule has 0 atom stereocenters. The van der Waals surface area contributed by atoms with Crippen molar-refractivity contribution in [1.29, 1.82) is 0 Å². The van der Waals surface area contributed by atoms with Crippen LogP contribution in [0.2, 0.25) is 0 Å². The summed E-state index contributed by atoms with van der Waals surface area (Å²) in [5, 5.41) is 2.52. The number of carbonyl (C=O) groups is 1. The van der Waals surface area contributed by atoms with Gasteiger partial charge in [0, 0.05) is 13.1 Å². The van der Waals surface area contributed by atoms with Gasteiger partial charge in [-0.2, -0.15) is 25.3 Å². The van der Waals surface area contributed by atoms with Gasteiger partial charge in [0.1, 0.15) is 4.58 Å². The van der Waals surface area contributed by atoms with Crippen molar-refractivity contribution in [2.75, 3.05) is 13.1 Å². The van der Waals surface area contributed by atoms with E-state index in [4.69, 9.17) is 5.73 Å². The Hall–Kier alpha value is 0.130. The van der Waals surface area contributed by atoms with Crippen molar-refractivity contribution in [3.05, 3.63) is 0 Å². The Morgan fingerprint density at radius 3 is 2.56 bits per heavy atom. The first-order chi connectivity index (χ1) is 4.18. The summed E-state index contributed by atoms with van der Waals surface area (Å²) < 4.78 is -0.545. The summed E-state index contributed by atoms with van der Waals surface area (Å²) in [6.45, 7) is 0.927. The summed E-state index contributed by atoms with van der Waals surface area (Å²) >= 11 is 7.55. The van der Waals surface area contributed by atoms with Crippen LogP contribution >= 0.6 is 25.3 Å². The zero-order valence-corrected chi connectivity index (χ0v) is 6.66. The maximum atomic E-state index is 10.6. The molecule has 54 valence electrons. The number of rotatable bonds is 3. The lowest BCUT2D eigenvalue weighted by Crippen LogP contribution is -2.32. The molecule has 0 aliphatic carbocycles. The highest BCUT2D eigenvalue weighted by molar-refractivity contribution is 8.00. The first-order valence-corrected chi connectivity index (χ1v) is 3.55. The molecule has 0 saturated carbocycles. The van der Waals surface area contributed by atoms with Crippen LogP contribution in [0.15, 0.2) is 0 Å². The largest absolute Gasteiger partial charge is 0.353 e. The minimum Gasteiger partial charge on any atom is -0.353 e. The molecule has 0 unspecified atom stereocenters. The molecule has 3 N–H and O–H groups in total. The van der Waals surface area contributed by atoms with E-state index in [1.165, 1.54) is 0 Å². The van der Waals surface area contributed by atoms with Gasteiger partial charge in [0.2, 0.25) is 5.91 Å². The van der Waals surface area contributed by atoms with Crippen LogP contribution in [-0.2, 0) is 4.79 Å². The van der Waals surface area contributed by atoms with E-state index in [0.717, 1.165) is 0 Å². The molecule has 0 heterocycles. The second-order valence-electron chi connectivity index (χ2n) is 1.45. The molecule has 1 amide bonds. The molecule has 9 heavy (non-hydrogen) atoms. The Bertz CT molecular complexity index is 96.6. The lowest BCUT2D eigenvalue weighted by Gasteiger charge is -2.03. The smallest absolute Gasteiger partial charge is 0.242 e. The second kappa shape index (κ2) is 4.96. The molecular weight excluding hydrogens is 156 g/mol. The maximum Gasteiger partial charge on any atom is 0.242 e. The number of thiol groups is 2. The van der Waals surface area contributed by atoms with Crippen LogP contribution in [0, 0.1) is 0 Å². The first kappa shape index (κ1) is 9.13. The molecule has 3 nitrogen and oxygen atoms in total. The van der Waals surface area contributed by atoms with Gasteiger partial charge in [-0.1, -0.05) is 0 Å². The van der Waals surface area contributed by atoms with Crippen molar-refractivity contribution >= 4 is 31.2 Å². The molecule has 5 heteroatoms. The van der Waals surface area contributed by atoms with Crippen LogP contribution in [0.5, 0.6) is 0 Å². The summed E-state index contributed by atoms with van der Waals surface area (Å²) in [7, 11) is 0. The van der Waals surface area contributed by atoms with E-state index in [1.807, 2.05) is 0 Å². The van der Waals surface area contributed by atoms with Gasteiger partial charge in [-0.3, -0.25) is 4.79 Å². The summed E-state index contributed by atoms with van der Waals surface area (Å²) in [6.07, 6.45) is 0. The van der Waals surface area contributed by atoms with Gasteiger partial charge in [-0.15, -0.1) is 0 Å². The highest BCUT2D eigenvalue weighted by Gasteiger charge is 2.05. The molecule has 0 spiro atoms. The average molecular weight is 166 g/mol. The van der Waals surface area contributed by atoms with E-state index in [2.05, 4.69) is 30.6 Å². The topological polar surface area (TPSA) is 55.1 Å². The van der Waals surface area contributed by atoms with Gasteiger partial charge < -0.3 is 11.1 Å². The molecular formula is C4H10N2OS2. The summed E-state index contributed by atoms with van der Waals surface area (Å²) in [4.78, 5) is 10.6. The zero-order valence-electron chi connectivity index (χ0n) is 4.87. The van der Waals surface area contributed by atoms with E-state index >= 15 is 0 Å². The number of amides is 1. The number of hydrogen-bond acceptors (Lipinski definition) is 4. The quantitative estimate of drug-likeness (QED) is 0.329. The predicted molar refractivity (Wildman–Crippen MR) is 43.8 cm³/mol. The van der Waals surface area contributed by atoms with Crippen LogP contribution < -0.4 is 11.1 Å². The Morgan fingerprint density at radius 1 is 1.67 bits per heavy atom. The Morgan fingerprint density at radius 2 is 2.22 bits per heavy atom. The molecule has 0 rings (SSSR count). The van der Waals surface area contributed by atoms with E-state index < -0.39 is 4.58 Å². The normalized spacial score (nSPS) is 9.78. The van der Waals surface area contributed by atoms with Crippen molar-refractivity contribution in [2.45, 2.75) is 4.58 Å². The first-order valence-electron chi connectivity index (χ1n) is 2.52. The molecule has 0 saturated heterocycles. The van der Waals surface area contributed by atoms with Crippen molar-refractivity contribution in [3.63, 3.8) is 0 Å². The third-order valence-electron chi connectivity index (χ3n) is 0.678. The summed E-state index contributed by atoms with van der Waals surface area (Å²) in [5.74, 6) is -0.202. The molecule has 0 aromatic rings. The van der Waals surface area contributed by atoms with Crippen LogP contribution in [0.25, 0.3) is 0 Å². The fraction of sp³-hybridized carbons (Fsp3) is 0.750. The number of hydrogen-bond donors (Lipinski definition) is 4. The maximum absolute atomic E-state index is 10.6. The molecule has 0 aliphatic heterocycles. The minimum absolute atomic E-state index is 0.202. The van der Waals surface area contributed by atoms with Crippen LogP contribution in [0.1, 0.15) is 0 Å². The standard InChI is InChI=1S/C4H10N2OS2/c5-1-2-6-3(7)4(8)9/h4,8-9H,1-2,5H2,(H,6,7). The molecule has 0 fully saturated rings. The lowest BCUT2D eigenvalue weighted by molar-refractivity contribution is -0.119. The third kappa shape index (κ3) is 4.62. The van der Waals surface area contributed by atoms with E-state index in [1.54, 1.807) is 0 Å². The molecule has 0 aromatic heterocycles. The van der Waals surface area contributed by atoms with Crippen molar-refractivity contribution in [1.82, 2.24) is 5.32 Å². The molecule has 0 radical (unpaired) electrons. The van der Waals surface area contributed by atoms with E-state index in [9.17, 15) is 4.79 Å². The highest BCUT2D eigenvalue weighted by atomic mass is 32.2. The third-order valence-corrected chi connectivity index (χ3v) is 1.15.